The van der Waals surface area contributed by atoms with Gasteiger partial charge in [0.1, 0.15) is 5.75 Å². The number of amides is 1. The Labute approximate surface area is 158 Å². The van der Waals surface area contributed by atoms with Crippen LogP contribution in [0, 0.1) is 0 Å². The number of aliphatic hydroxyl groups is 1. The summed E-state index contributed by atoms with van der Waals surface area (Å²) in [5.74, 6) is 0.832. The van der Waals surface area contributed by atoms with E-state index in [1.165, 1.54) is 0 Å². The lowest BCUT2D eigenvalue weighted by atomic mass is 10.3. The first-order valence-electron chi connectivity index (χ1n) is 8.76. The molecule has 2 unspecified atom stereocenters. The van der Waals surface area contributed by atoms with Crippen molar-refractivity contribution in [3.05, 3.63) is 34.9 Å². The molecule has 1 aromatic carbocycles. The van der Waals surface area contributed by atoms with E-state index in [2.05, 4.69) is 4.90 Å². The van der Waals surface area contributed by atoms with E-state index in [9.17, 15) is 9.90 Å². The molecule has 1 amide bonds. The maximum absolute atomic E-state index is 12.5. The molecule has 0 radical (unpaired) electrons. The number of hydrogen-bond acceptors (Lipinski definition) is 6. The van der Waals surface area contributed by atoms with E-state index in [4.69, 9.17) is 9.73 Å². The van der Waals surface area contributed by atoms with Gasteiger partial charge >= 0.3 is 0 Å². The quantitative estimate of drug-likeness (QED) is 0.826. The predicted molar refractivity (Wildman–Crippen MR) is 105 cm³/mol. The highest BCUT2D eigenvalue weighted by Crippen LogP contribution is 2.48. The molecule has 140 valence electrons. The van der Waals surface area contributed by atoms with Crippen LogP contribution in [0.4, 0.5) is 5.69 Å². The third-order valence-electron chi connectivity index (χ3n) is 4.46. The standard InChI is InChI=1S/C19H25N3O3S/c1-5-25-14-8-6-13(7-9-14)20-15-16-18(15)26-17(19(24)21(3)4)12(2)22(16)10-11-23/h6-9,16,18,23H,5,10-11H2,1-4H3. The molecule has 1 N–H and O–H groups in total. The Kier molecular flexibility index (Phi) is 5.58. The minimum absolute atomic E-state index is 0.00112. The number of likely N-dealkylation sites (N-methyl/N-ethyl adjacent to an activating group) is 1. The summed E-state index contributed by atoms with van der Waals surface area (Å²) >= 11 is 1.58. The number of nitrogens with zero attached hydrogens (tertiary/aromatic N) is 3. The molecule has 6 nitrogen and oxygen atoms in total. The van der Waals surface area contributed by atoms with Crippen molar-refractivity contribution in [1.82, 2.24) is 9.80 Å². The molecule has 1 aromatic rings. The van der Waals surface area contributed by atoms with Crippen LogP contribution in [0.2, 0.25) is 0 Å². The fourth-order valence-electron chi connectivity index (χ4n) is 3.10. The van der Waals surface area contributed by atoms with Gasteiger partial charge in [-0.2, -0.15) is 0 Å². The number of aliphatic hydroxyl groups excluding tert-OH is 1. The number of carbonyl (C=O) groups is 1. The molecule has 26 heavy (non-hydrogen) atoms. The van der Waals surface area contributed by atoms with E-state index in [1.807, 2.05) is 38.1 Å². The molecule has 3 rings (SSSR count). The summed E-state index contributed by atoms with van der Waals surface area (Å²) in [6, 6.07) is 7.86. The van der Waals surface area contributed by atoms with Crippen LogP contribution >= 0.6 is 11.8 Å². The Morgan fingerprint density at radius 1 is 1.35 bits per heavy atom. The van der Waals surface area contributed by atoms with Crippen molar-refractivity contribution in [3.63, 3.8) is 0 Å². The molecule has 1 aliphatic carbocycles. The molecule has 0 spiro atoms. The van der Waals surface area contributed by atoms with Crippen LogP contribution < -0.4 is 4.74 Å². The van der Waals surface area contributed by atoms with Crippen LogP contribution in [-0.4, -0.2) is 71.7 Å². The van der Waals surface area contributed by atoms with Crippen LogP contribution in [0.3, 0.4) is 0 Å². The average molecular weight is 375 g/mol. The highest BCUT2D eigenvalue weighted by atomic mass is 32.2. The molecule has 0 bridgehead atoms. The van der Waals surface area contributed by atoms with Gasteiger partial charge in [0.05, 0.1) is 40.8 Å². The number of allylic oxidation sites excluding steroid dienone is 1. The molecule has 1 saturated carbocycles. The molecule has 2 atom stereocenters. The molecule has 1 heterocycles. The van der Waals surface area contributed by atoms with Gasteiger partial charge in [0.2, 0.25) is 0 Å². The zero-order valence-corrected chi connectivity index (χ0v) is 16.4. The second-order valence-electron chi connectivity index (χ2n) is 6.48. The van der Waals surface area contributed by atoms with Gasteiger partial charge < -0.3 is 19.6 Å². The molecule has 0 saturated heterocycles. The topological polar surface area (TPSA) is 65.4 Å². The monoisotopic (exact) mass is 375 g/mol. The number of ether oxygens (including phenoxy) is 1. The van der Waals surface area contributed by atoms with Crippen molar-refractivity contribution in [2.75, 3.05) is 33.9 Å². The number of aliphatic imine (C=N–C) groups is 1. The van der Waals surface area contributed by atoms with Gasteiger partial charge in [0.25, 0.3) is 5.91 Å². The summed E-state index contributed by atoms with van der Waals surface area (Å²) in [6.07, 6.45) is 0. The summed E-state index contributed by atoms with van der Waals surface area (Å²) in [7, 11) is 3.51. The minimum atomic E-state index is 0.00112. The maximum Gasteiger partial charge on any atom is 0.261 e. The maximum atomic E-state index is 12.5. The van der Waals surface area contributed by atoms with Crippen molar-refractivity contribution in [2.24, 2.45) is 4.99 Å². The van der Waals surface area contributed by atoms with Crippen LogP contribution in [0.15, 0.2) is 39.9 Å². The number of benzene rings is 1. The first-order valence-corrected chi connectivity index (χ1v) is 9.64. The fourth-order valence-corrected chi connectivity index (χ4v) is 4.57. The zero-order valence-electron chi connectivity index (χ0n) is 15.6. The highest BCUT2D eigenvalue weighted by Gasteiger charge is 2.55. The molecular weight excluding hydrogens is 350 g/mol. The summed E-state index contributed by atoms with van der Waals surface area (Å²) in [5.41, 5.74) is 2.84. The van der Waals surface area contributed by atoms with Gasteiger partial charge in [-0.15, -0.1) is 11.8 Å². The van der Waals surface area contributed by atoms with E-state index >= 15 is 0 Å². The van der Waals surface area contributed by atoms with E-state index < -0.39 is 0 Å². The van der Waals surface area contributed by atoms with E-state index in [0.29, 0.717) is 13.2 Å². The summed E-state index contributed by atoms with van der Waals surface area (Å²) in [4.78, 5) is 21.7. The number of β-amino-alcohol motifs (C(OH)–C–C–N with tert-alkyl or cyclic N) is 1. The van der Waals surface area contributed by atoms with Gasteiger partial charge in [0, 0.05) is 26.3 Å². The largest absolute Gasteiger partial charge is 0.494 e. The summed E-state index contributed by atoms with van der Waals surface area (Å²) in [6.45, 7) is 5.09. The Morgan fingerprint density at radius 3 is 2.62 bits per heavy atom. The highest BCUT2D eigenvalue weighted by molar-refractivity contribution is 8.06. The Bertz CT molecular complexity index is 743. The van der Waals surface area contributed by atoms with E-state index in [0.717, 1.165) is 27.8 Å². The normalized spacial score (nSPS) is 23.1. The summed E-state index contributed by atoms with van der Waals surface area (Å²) in [5, 5.41) is 9.61. The lowest BCUT2D eigenvalue weighted by Gasteiger charge is -2.30. The zero-order chi connectivity index (χ0) is 18.8. The van der Waals surface area contributed by atoms with Crippen molar-refractivity contribution >= 4 is 29.1 Å². The third kappa shape index (κ3) is 3.59. The first kappa shape index (κ1) is 18.8. The van der Waals surface area contributed by atoms with Crippen LogP contribution in [0.5, 0.6) is 5.75 Å². The first-order chi connectivity index (χ1) is 12.5. The van der Waals surface area contributed by atoms with Gasteiger partial charge in [0.15, 0.2) is 0 Å². The number of rotatable bonds is 6. The number of fused-ring (bicyclic) bond motifs is 1. The van der Waals surface area contributed by atoms with Crippen LogP contribution in [-0.2, 0) is 4.79 Å². The fraction of sp³-hybridized carbons (Fsp3) is 0.474. The molecule has 1 aliphatic heterocycles. The Balaban J connectivity index is 1.83. The number of thioether (sulfide) groups is 1. The SMILES string of the molecule is CCOc1ccc(N=C2C3SC(C(=O)N(C)C)=C(C)N(CCO)C23)cc1. The van der Waals surface area contributed by atoms with Gasteiger partial charge in [-0.05, 0) is 38.1 Å². The smallest absolute Gasteiger partial charge is 0.261 e. The minimum Gasteiger partial charge on any atom is -0.494 e. The van der Waals surface area contributed by atoms with E-state index in [1.54, 1.807) is 30.8 Å². The molecule has 7 heteroatoms. The number of hydrogen-bond donors (Lipinski definition) is 1. The molecule has 2 aliphatic rings. The number of carbonyl (C=O) groups excluding carboxylic acids is 1. The van der Waals surface area contributed by atoms with Crippen LogP contribution in [0.25, 0.3) is 0 Å². The second-order valence-corrected chi connectivity index (χ2v) is 7.63. The van der Waals surface area contributed by atoms with Gasteiger partial charge in [-0.3, -0.25) is 9.79 Å². The van der Waals surface area contributed by atoms with Crippen molar-refractivity contribution in [3.8, 4) is 5.75 Å². The molecule has 1 fully saturated rings. The van der Waals surface area contributed by atoms with Crippen molar-refractivity contribution < 1.29 is 14.6 Å². The van der Waals surface area contributed by atoms with Crippen molar-refractivity contribution in [1.29, 1.82) is 0 Å². The lowest BCUT2D eigenvalue weighted by molar-refractivity contribution is -0.124. The van der Waals surface area contributed by atoms with Crippen molar-refractivity contribution in [2.45, 2.75) is 25.1 Å². The van der Waals surface area contributed by atoms with Gasteiger partial charge in [-0.1, -0.05) is 0 Å². The van der Waals surface area contributed by atoms with Gasteiger partial charge in [-0.25, -0.2) is 0 Å². The lowest BCUT2D eigenvalue weighted by Crippen LogP contribution is -2.35. The van der Waals surface area contributed by atoms with E-state index in [-0.39, 0.29) is 23.8 Å². The second kappa shape index (κ2) is 7.72. The predicted octanol–water partition coefficient (Wildman–Crippen LogP) is 2.27. The molecule has 0 aromatic heterocycles. The third-order valence-corrected chi connectivity index (χ3v) is 5.92. The molecular formula is C19H25N3O3S. The van der Waals surface area contributed by atoms with Crippen LogP contribution in [0.1, 0.15) is 13.8 Å². The summed E-state index contributed by atoms with van der Waals surface area (Å²) < 4.78 is 5.46. The Hall–Kier alpha value is -1.99. The Morgan fingerprint density at radius 2 is 2.04 bits per heavy atom. The average Bonchev–Trinajstić information content (AvgIpc) is 3.30.